The minimum atomic E-state index is -0.901. The molecule has 0 bridgehead atoms. The number of benzene rings is 1. The van der Waals surface area contributed by atoms with Crippen LogP contribution in [0, 0.1) is 17.2 Å². The third-order valence-electron chi connectivity index (χ3n) is 3.87. The molecule has 0 aliphatic heterocycles. The van der Waals surface area contributed by atoms with Crippen molar-refractivity contribution in [3.8, 4) is 23.3 Å². The zero-order valence-electron chi connectivity index (χ0n) is 13.4. The highest BCUT2D eigenvalue weighted by Gasteiger charge is 2.33. The molecule has 2 rings (SSSR count). The number of halogens is 1. The molecule has 2 unspecified atom stereocenters. The van der Waals surface area contributed by atoms with Gasteiger partial charge in [0.25, 0.3) is 0 Å². The van der Waals surface area contributed by atoms with Gasteiger partial charge in [-0.25, -0.2) is 0 Å². The maximum Gasteiger partial charge on any atom is 0.216 e. The largest absolute Gasteiger partial charge is 0.504 e. The summed E-state index contributed by atoms with van der Waals surface area (Å²) < 4.78 is 0. The first kappa shape index (κ1) is 19.7. The molecule has 0 spiro atoms. The van der Waals surface area contributed by atoms with Gasteiger partial charge < -0.3 is 20.6 Å². The number of nitrogens with one attached hydrogen (secondary N) is 1. The summed E-state index contributed by atoms with van der Waals surface area (Å²) in [6.07, 6.45) is 1.75. The predicted octanol–water partition coefficient (Wildman–Crippen LogP) is 1.83. The summed E-state index contributed by atoms with van der Waals surface area (Å²) in [5, 5.41) is 39.5. The van der Waals surface area contributed by atoms with E-state index in [0.29, 0.717) is 5.56 Å². The molecule has 0 radical (unpaired) electrons. The smallest absolute Gasteiger partial charge is 0.216 e. The molecule has 0 aromatic heterocycles. The Morgan fingerprint density at radius 1 is 1.35 bits per heavy atom. The Bertz CT molecular complexity index is 823. The number of alkyl halides is 1. The van der Waals surface area contributed by atoms with E-state index in [-0.39, 0.29) is 35.9 Å². The van der Waals surface area contributed by atoms with E-state index in [0.717, 1.165) is 0 Å². The molecule has 1 aromatic rings. The summed E-state index contributed by atoms with van der Waals surface area (Å²) >= 11 is 11.0. The SMILES string of the molecule is N#C/C(=C\C1CC(=O)C(=O)C(Cl)C1)C(=S)NCc1cc(O)c(O)c(O)c1. The molecular weight excluding hydrogens is 380 g/mol. The second-order valence-electron chi connectivity index (χ2n) is 5.81. The van der Waals surface area contributed by atoms with Gasteiger partial charge in [0.05, 0.1) is 5.57 Å². The van der Waals surface area contributed by atoms with Gasteiger partial charge in [0.2, 0.25) is 11.6 Å². The molecule has 26 heavy (non-hydrogen) atoms. The van der Waals surface area contributed by atoms with Gasteiger partial charge in [-0.15, -0.1) is 11.6 Å². The molecule has 1 aliphatic rings. The van der Waals surface area contributed by atoms with E-state index in [1.165, 1.54) is 18.2 Å². The lowest BCUT2D eigenvalue weighted by Crippen LogP contribution is -2.33. The Labute approximate surface area is 159 Å². The maximum atomic E-state index is 11.6. The van der Waals surface area contributed by atoms with Crippen LogP contribution in [0.5, 0.6) is 17.2 Å². The van der Waals surface area contributed by atoms with E-state index in [1.54, 1.807) is 0 Å². The van der Waals surface area contributed by atoms with Crippen LogP contribution in [0.1, 0.15) is 18.4 Å². The molecule has 1 aliphatic carbocycles. The number of ketones is 2. The Morgan fingerprint density at radius 3 is 2.50 bits per heavy atom. The quantitative estimate of drug-likeness (QED) is 0.152. The fourth-order valence-corrected chi connectivity index (χ4v) is 3.07. The Morgan fingerprint density at radius 2 is 1.96 bits per heavy atom. The summed E-state index contributed by atoms with van der Waals surface area (Å²) in [7, 11) is 0. The van der Waals surface area contributed by atoms with Crippen LogP contribution in [0.4, 0.5) is 0 Å². The van der Waals surface area contributed by atoms with Gasteiger partial charge in [-0.1, -0.05) is 18.3 Å². The zero-order chi connectivity index (χ0) is 19.4. The van der Waals surface area contributed by atoms with Gasteiger partial charge in [-0.3, -0.25) is 9.59 Å². The third-order valence-corrected chi connectivity index (χ3v) is 4.61. The average Bonchev–Trinajstić information content (AvgIpc) is 2.59. The number of Topliss-reactive ketones (excluding diaryl/α,β-unsaturated/α-hetero) is 2. The number of phenols is 3. The van der Waals surface area contributed by atoms with Gasteiger partial charge in [-0.2, -0.15) is 5.26 Å². The van der Waals surface area contributed by atoms with Crippen molar-refractivity contribution in [2.45, 2.75) is 24.8 Å². The van der Waals surface area contributed by atoms with Crippen molar-refractivity contribution in [1.29, 1.82) is 5.26 Å². The number of nitrogens with zero attached hydrogens (tertiary/aromatic N) is 1. The highest BCUT2D eigenvalue weighted by Crippen LogP contribution is 2.35. The van der Waals surface area contributed by atoms with Crippen molar-refractivity contribution < 1.29 is 24.9 Å². The molecule has 0 heterocycles. The number of allylic oxidation sites excluding steroid dienone is 1. The molecule has 0 amide bonds. The van der Waals surface area contributed by atoms with E-state index >= 15 is 0 Å². The Balaban J connectivity index is 2.06. The number of rotatable bonds is 4. The molecule has 4 N–H and O–H groups in total. The monoisotopic (exact) mass is 394 g/mol. The van der Waals surface area contributed by atoms with Crippen molar-refractivity contribution in [1.82, 2.24) is 5.32 Å². The highest BCUT2D eigenvalue weighted by atomic mass is 35.5. The number of hydrogen-bond acceptors (Lipinski definition) is 7. The fourth-order valence-electron chi connectivity index (χ4n) is 2.54. The van der Waals surface area contributed by atoms with Crippen molar-refractivity contribution in [3.05, 3.63) is 29.3 Å². The van der Waals surface area contributed by atoms with Gasteiger partial charge >= 0.3 is 0 Å². The standard InChI is InChI=1S/C17H15ClN2O5S/c18-11-2-8(3-12(21)15(11)24)1-10(6-19)17(26)20-7-9-4-13(22)16(25)14(23)5-9/h1,4-5,8,11,22-23,25H,2-3,7H2,(H,20,26)/b10-1+. The molecule has 0 saturated heterocycles. The molecule has 1 fully saturated rings. The lowest BCUT2D eigenvalue weighted by atomic mass is 9.86. The number of thiocarbonyl (C=S) groups is 1. The van der Waals surface area contributed by atoms with Crippen LogP contribution < -0.4 is 5.32 Å². The number of carbonyl (C=O) groups is 2. The fraction of sp³-hybridized carbons (Fsp3) is 0.294. The lowest BCUT2D eigenvalue weighted by Gasteiger charge is -2.21. The first-order valence-electron chi connectivity index (χ1n) is 7.58. The minimum absolute atomic E-state index is 0.0183. The molecule has 1 aromatic carbocycles. The van der Waals surface area contributed by atoms with Crippen LogP contribution in [-0.2, 0) is 16.1 Å². The Hall–Kier alpha value is -2.63. The van der Waals surface area contributed by atoms with Gasteiger partial charge in [-0.05, 0) is 30.0 Å². The summed E-state index contributed by atoms with van der Waals surface area (Å²) in [5.41, 5.74) is 0.556. The van der Waals surface area contributed by atoms with Crippen molar-refractivity contribution in [2.24, 2.45) is 5.92 Å². The second kappa shape index (κ2) is 8.17. The molecule has 9 heteroatoms. The predicted molar refractivity (Wildman–Crippen MR) is 96.9 cm³/mol. The van der Waals surface area contributed by atoms with Gasteiger partial charge in [0.15, 0.2) is 17.2 Å². The van der Waals surface area contributed by atoms with Crippen LogP contribution in [0.15, 0.2) is 23.8 Å². The molecule has 1 saturated carbocycles. The number of carbonyl (C=O) groups excluding carboxylic acids is 2. The van der Waals surface area contributed by atoms with E-state index in [9.17, 15) is 30.2 Å². The zero-order valence-corrected chi connectivity index (χ0v) is 15.0. The Kier molecular flexibility index (Phi) is 6.18. The van der Waals surface area contributed by atoms with Gasteiger partial charge in [0.1, 0.15) is 16.4 Å². The summed E-state index contributed by atoms with van der Waals surface area (Å²) in [6.45, 7) is 0.0828. The normalized spacial score (nSPS) is 20.5. The van der Waals surface area contributed by atoms with Crippen molar-refractivity contribution in [2.75, 3.05) is 0 Å². The number of hydrogen-bond donors (Lipinski definition) is 4. The third kappa shape index (κ3) is 4.50. The van der Waals surface area contributed by atoms with Crippen LogP contribution in [0.2, 0.25) is 0 Å². The topological polar surface area (TPSA) is 131 Å². The second-order valence-corrected chi connectivity index (χ2v) is 6.75. The average molecular weight is 395 g/mol. The summed E-state index contributed by atoms with van der Waals surface area (Å²) in [6, 6.07) is 4.42. The van der Waals surface area contributed by atoms with E-state index < -0.39 is 34.2 Å². The maximum absolute atomic E-state index is 11.6. The molecule has 7 nitrogen and oxygen atoms in total. The number of phenolic OH excluding ortho intramolecular Hbond substituents is 3. The first-order valence-corrected chi connectivity index (χ1v) is 8.42. The van der Waals surface area contributed by atoms with Crippen molar-refractivity contribution >= 4 is 40.4 Å². The van der Waals surface area contributed by atoms with E-state index in [2.05, 4.69) is 5.32 Å². The lowest BCUT2D eigenvalue weighted by molar-refractivity contribution is -0.138. The summed E-state index contributed by atoms with van der Waals surface area (Å²) in [4.78, 5) is 23.1. The highest BCUT2D eigenvalue weighted by molar-refractivity contribution is 7.80. The van der Waals surface area contributed by atoms with E-state index in [4.69, 9.17) is 23.8 Å². The summed E-state index contributed by atoms with van der Waals surface area (Å²) in [5.74, 6) is -3.13. The van der Waals surface area contributed by atoms with Crippen LogP contribution >= 0.6 is 23.8 Å². The molecular formula is C17H15ClN2O5S. The van der Waals surface area contributed by atoms with Gasteiger partial charge in [0, 0.05) is 13.0 Å². The number of aromatic hydroxyl groups is 3. The first-order chi connectivity index (χ1) is 12.2. The molecule has 2 atom stereocenters. The van der Waals surface area contributed by atoms with E-state index in [1.807, 2.05) is 6.07 Å². The van der Waals surface area contributed by atoms with Crippen LogP contribution in [-0.4, -0.2) is 37.3 Å². The van der Waals surface area contributed by atoms with Crippen molar-refractivity contribution in [3.63, 3.8) is 0 Å². The molecule has 136 valence electrons. The number of nitriles is 1. The van der Waals surface area contributed by atoms with Crippen LogP contribution in [0.3, 0.4) is 0 Å². The minimum Gasteiger partial charge on any atom is -0.504 e. The van der Waals surface area contributed by atoms with Crippen LogP contribution in [0.25, 0.3) is 0 Å².